The lowest BCUT2D eigenvalue weighted by Crippen LogP contribution is -2.37. The minimum atomic E-state index is -3.85. The van der Waals surface area contributed by atoms with Crippen molar-refractivity contribution in [2.24, 2.45) is 41.1 Å². The molecule has 3 amide bonds. The number of ketones is 4. The van der Waals surface area contributed by atoms with Crippen LogP contribution in [0.2, 0.25) is 0 Å². The summed E-state index contributed by atoms with van der Waals surface area (Å²) in [5.41, 5.74) is 12.7. The van der Waals surface area contributed by atoms with Crippen LogP contribution in [0.4, 0.5) is 0 Å². The van der Waals surface area contributed by atoms with Gasteiger partial charge in [-0.3, -0.25) is 43.5 Å². The van der Waals surface area contributed by atoms with Gasteiger partial charge in [-0.2, -0.15) is 8.42 Å². The minimum absolute atomic E-state index is 0.0185. The molecule has 1 unspecified atom stereocenters. The molecule has 0 aliphatic carbocycles. The fraction of sp³-hybridized carbons (Fsp3) is 0.750. The minimum Gasteiger partial charge on any atom is -0.508 e. The van der Waals surface area contributed by atoms with Crippen LogP contribution in [0.15, 0.2) is 36.5 Å². The van der Waals surface area contributed by atoms with E-state index in [1.54, 1.807) is 19.1 Å². The molecule has 0 aromatic heterocycles. The number of phenolic OH excluding ortho intramolecular Hbond substituents is 1. The van der Waals surface area contributed by atoms with Gasteiger partial charge >= 0.3 is 5.97 Å². The first-order valence-electron chi connectivity index (χ1n) is 33.8. The number of rotatable bonds is 63. The Kier molecular flexibility index (Phi) is 47.5. The van der Waals surface area contributed by atoms with E-state index in [0.29, 0.717) is 154 Å². The van der Waals surface area contributed by atoms with Gasteiger partial charge in [0.2, 0.25) is 17.7 Å². The van der Waals surface area contributed by atoms with Crippen LogP contribution in [0.25, 0.3) is 0 Å². The Bertz CT molecular complexity index is 2390. The number of carbonyl (C=O) groups is 8. The van der Waals surface area contributed by atoms with Crippen molar-refractivity contribution in [3.63, 3.8) is 0 Å². The molecule has 1 aromatic carbocycles. The summed E-state index contributed by atoms with van der Waals surface area (Å²) in [6, 6.07) is 5.40. The number of aliphatic carboxylic acids is 1. The predicted octanol–water partition coefficient (Wildman–Crippen LogP) is 9.98. The molecule has 1 rings (SSSR count). The zero-order valence-corrected chi connectivity index (χ0v) is 56.2. The number of benzene rings is 1. The molecule has 0 heterocycles. The highest BCUT2D eigenvalue weighted by Crippen LogP contribution is 2.31. The standard InChI is InChI=1S/C68H116N6O16S/c1-51(2)47-59(77)49-55(66(81)53(4)60(28-17-18-29-63(69)70)62(78)50-56(67(71)82)48-54-30-32-58(76)33-31-54)26-19-21-38-72-64(79)36-34-57(75)27-20-22-40-88-42-44-90-45-43-89-41-24-39-73-65(80)37-35-61(68(83)84)74-52(3)25-16-14-12-10-8-6-5-7-9-11-13-15-23-46-91(85,86)87/h30-33,51,53,55-56,60-61,74,76H,3,5-29,34-50H2,1-2,4H3,(H3,69,70)(H2,71,82)(H,72,79)(H,73,80)(H,83,84)(H,85,86,87)/t53?,55-,56-,60-,61+/m1/s1. The highest BCUT2D eigenvalue weighted by Gasteiger charge is 2.36. The molecule has 23 heteroatoms. The number of carboxylic acid groups (broad SMARTS) is 1. The quantitative estimate of drug-likeness (QED) is 0.0127. The molecule has 0 bridgehead atoms. The van der Waals surface area contributed by atoms with Gasteiger partial charge in [0.05, 0.1) is 38.0 Å². The number of nitrogens with two attached hydrogens (primary N) is 2. The van der Waals surface area contributed by atoms with Crippen LogP contribution >= 0.6 is 0 Å². The number of ether oxygens (including phenoxy) is 3. The summed E-state index contributed by atoms with van der Waals surface area (Å²) >= 11 is 0. The summed E-state index contributed by atoms with van der Waals surface area (Å²) in [6.07, 6.45) is 20.3. The van der Waals surface area contributed by atoms with E-state index >= 15 is 0 Å². The third-order valence-corrected chi connectivity index (χ3v) is 16.9. The van der Waals surface area contributed by atoms with Crippen molar-refractivity contribution < 1.29 is 75.8 Å². The van der Waals surface area contributed by atoms with Crippen molar-refractivity contribution in [3.8, 4) is 5.75 Å². The van der Waals surface area contributed by atoms with Crippen molar-refractivity contribution in [2.75, 3.05) is 58.5 Å². The molecular weight excluding hydrogens is 1190 g/mol. The SMILES string of the molecule is C=C(CCCCCCCCCCCCCCCS(=O)(=O)O)N[C@@H](CCC(=O)NCCCOCCOCCOCCCCC(=O)CCC(=O)NCCCC[C@H](CC(=O)CC(C)C)C(=O)C(C)[C@@H](CCCCC(=N)N)C(=O)C[C@@H](Cc1ccc(O)cc1)C(N)=O)C(=O)O. The maximum absolute atomic E-state index is 14.3. The van der Waals surface area contributed by atoms with Gasteiger partial charge in [0, 0.05) is 107 Å². The number of hydrogen-bond acceptors (Lipinski definition) is 16. The Morgan fingerprint density at radius 2 is 1.08 bits per heavy atom. The summed E-state index contributed by atoms with van der Waals surface area (Å²) in [6.45, 7) is 12.7. The second-order valence-corrected chi connectivity index (χ2v) is 26.5. The Hall–Kier alpha value is -5.62. The van der Waals surface area contributed by atoms with E-state index in [9.17, 15) is 57.0 Å². The zero-order valence-electron chi connectivity index (χ0n) is 55.4. The summed E-state index contributed by atoms with van der Waals surface area (Å²) in [7, 11) is -3.85. The van der Waals surface area contributed by atoms with Crippen LogP contribution in [0.1, 0.15) is 232 Å². The molecule has 0 saturated carbocycles. The van der Waals surface area contributed by atoms with Gasteiger partial charge in [-0.05, 0) is 101 Å². The van der Waals surface area contributed by atoms with Gasteiger partial charge < -0.3 is 51.8 Å². The average Bonchev–Trinajstić information content (AvgIpc) is 1.29. The fourth-order valence-corrected chi connectivity index (χ4v) is 11.4. The van der Waals surface area contributed by atoms with Crippen molar-refractivity contribution in [1.29, 1.82) is 5.41 Å². The van der Waals surface area contributed by atoms with Gasteiger partial charge in [-0.1, -0.05) is 123 Å². The summed E-state index contributed by atoms with van der Waals surface area (Å²) < 4.78 is 47.1. The number of carboxylic acids is 1. The second-order valence-electron chi connectivity index (χ2n) is 24.9. The Morgan fingerprint density at radius 3 is 1.64 bits per heavy atom. The van der Waals surface area contributed by atoms with Crippen LogP contribution < -0.4 is 27.4 Å². The first kappa shape index (κ1) is 83.4. The maximum atomic E-state index is 14.3. The fourth-order valence-electron chi connectivity index (χ4n) is 10.9. The summed E-state index contributed by atoms with van der Waals surface area (Å²) in [4.78, 5) is 104. The number of amides is 3. The van der Waals surface area contributed by atoms with Gasteiger partial charge in [-0.15, -0.1) is 0 Å². The first-order chi connectivity index (χ1) is 43.4. The molecule has 0 spiro atoms. The molecule has 0 fully saturated rings. The van der Waals surface area contributed by atoms with Crippen molar-refractivity contribution in [3.05, 3.63) is 42.1 Å². The zero-order chi connectivity index (χ0) is 67.7. The number of nitrogens with one attached hydrogen (secondary N) is 4. The maximum Gasteiger partial charge on any atom is 0.326 e. The summed E-state index contributed by atoms with van der Waals surface area (Å²) in [5.74, 6) is -5.70. The van der Waals surface area contributed by atoms with E-state index in [-0.39, 0.29) is 103 Å². The highest BCUT2D eigenvalue weighted by atomic mass is 32.2. The number of Topliss-reactive ketones (excluding diaryl/α,β-unsaturated/α-hetero) is 4. The number of hydrogen-bond donors (Lipinski definition) is 9. The highest BCUT2D eigenvalue weighted by molar-refractivity contribution is 7.85. The topological polar surface area (TPSA) is 371 Å². The molecule has 520 valence electrons. The normalized spacial score (nSPS) is 13.2. The lowest BCUT2D eigenvalue weighted by molar-refractivity contribution is -0.139. The van der Waals surface area contributed by atoms with Crippen LogP contribution in [-0.4, -0.2) is 140 Å². The number of primary amides is 1. The van der Waals surface area contributed by atoms with Crippen molar-refractivity contribution in [2.45, 2.75) is 239 Å². The Morgan fingerprint density at radius 1 is 0.560 bits per heavy atom. The number of aromatic hydroxyl groups is 1. The monoisotopic (exact) mass is 1300 g/mol. The van der Waals surface area contributed by atoms with Crippen LogP contribution in [0.5, 0.6) is 5.75 Å². The molecule has 0 radical (unpaired) electrons. The number of unbranched alkanes of at least 4 members (excludes halogenated alkanes) is 15. The lowest BCUT2D eigenvalue weighted by atomic mass is 9.75. The molecule has 0 saturated heterocycles. The average molecular weight is 1310 g/mol. The van der Waals surface area contributed by atoms with Gasteiger partial charge in [-0.25, -0.2) is 4.79 Å². The smallest absolute Gasteiger partial charge is 0.326 e. The van der Waals surface area contributed by atoms with Crippen molar-refractivity contribution >= 4 is 62.8 Å². The van der Waals surface area contributed by atoms with E-state index in [0.717, 1.165) is 51.4 Å². The molecular formula is C68H116N6O16S. The molecule has 22 nitrogen and oxygen atoms in total. The van der Waals surface area contributed by atoms with Gasteiger partial charge in [0.15, 0.2) is 0 Å². The molecule has 0 aliphatic heterocycles. The molecule has 5 atom stereocenters. The van der Waals surface area contributed by atoms with E-state index < -0.39 is 51.7 Å². The third-order valence-electron chi connectivity index (χ3n) is 16.1. The molecule has 1 aromatic rings. The predicted molar refractivity (Wildman–Crippen MR) is 354 cm³/mol. The number of phenols is 1. The Labute approximate surface area is 543 Å². The molecule has 11 N–H and O–H groups in total. The third kappa shape index (κ3) is 47.0. The van der Waals surface area contributed by atoms with E-state index in [1.807, 2.05) is 13.8 Å². The number of amidine groups is 1. The largest absolute Gasteiger partial charge is 0.508 e. The van der Waals surface area contributed by atoms with Gasteiger partial charge in [0.25, 0.3) is 10.1 Å². The van der Waals surface area contributed by atoms with Crippen LogP contribution in [0, 0.1) is 35.0 Å². The Balaban J connectivity index is 2.24. The van der Waals surface area contributed by atoms with Gasteiger partial charge in [0.1, 0.15) is 34.9 Å². The second kappa shape index (κ2) is 51.8. The summed E-state index contributed by atoms with van der Waals surface area (Å²) in [5, 5.41) is 35.7. The molecule has 0 aliphatic rings. The first-order valence-corrected chi connectivity index (χ1v) is 35.4. The number of carbonyl (C=O) groups excluding carboxylic acids is 7. The number of allylic oxidation sites excluding steroid dienone is 1. The van der Waals surface area contributed by atoms with Crippen LogP contribution in [-0.2, 0) is 69.1 Å². The van der Waals surface area contributed by atoms with Crippen LogP contribution in [0.3, 0.4) is 0 Å². The lowest BCUT2D eigenvalue weighted by Gasteiger charge is -2.27. The molecule has 91 heavy (non-hydrogen) atoms. The van der Waals surface area contributed by atoms with E-state index in [4.69, 9.17) is 35.6 Å². The van der Waals surface area contributed by atoms with Crippen molar-refractivity contribution in [1.82, 2.24) is 16.0 Å². The van der Waals surface area contributed by atoms with E-state index in [1.165, 1.54) is 37.8 Å². The van der Waals surface area contributed by atoms with E-state index in [2.05, 4.69) is 22.5 Å².